The molecule has 0 aromatic heterocycles. The molecule has 1 fully saturated rings. The monoisotopic (exact) mass is 361 g/mol. The van der Waals surface area contributed by atoms with Crippen LogP contribution in [0.15, 0.2) is 21.8 Å². The fourth-order valence-electron chi connectivity index (χ4n) is 2.01. The van der Waals surface area contributed by atoms with Gasteiger partial charge in [-0.15, -0.1) is 0 Å². The second-order valence-electron chi connectivity index (χ2n) is 4.82. The van der Waals surface area contributed by atoms with E-state index in [1.54, 1.807) is 0 Å². The number of nitrogens with two attached hydrogens (primary N) is 1. The van der Waals surface area contributed by atoms with Crippen molar-refractivity contribution in [1.29, 1.82) is 0 Å². The van der Waals surface area contributed by atoms with Crippen LogP contribution in [-0.4, -0.2) is 34.4 Å². The van der Waals surface area contributed by atoms with Gasteiger partial charge in [0.05, 0.1) is 0 Å². The molecule has 114 valence electrons. The minimum absolute atomic E-state index is 0.0369. The standard InChI is InChI=1S/C13H14BrF2N3O2/c14-7-5-9(15)12(10(16)6-7)13(20)19(8-1-2-8)4-3-11(17)18-21/h5-6,8,21H,1-4H2,(H2,17,18). The summed E-state index contributed by atoms with van der Waals surface area (Å²) < 4.78 is 28.0. The van der Waals surface area contributed by atoms with Gasteiger partial charge < -0.3 is 15.8 Å². The third kappa shape index (κ3) is 3.69. The van der Waals surface area contributed by atoms with E-state index in [0.717, 1.165) is 25.0 Å². The lowest BCUT2D eigenvalue weighted by Crippen LogP contribution is -2.37. The molecule has 1 saturated carbocycles. The molecule has 8 heteroatoms. The first kappa shape index (κ1) is 15.7. The Labute approximate surface area is 128 Å². The van der Waals surface area contributed by atoms with E-state index >= 15 is 0 Å². The van der Waals surface area contributed by atoms with Crippen LogP contribution in [0, 0.1) is 11.6 Å². The van der Waals surface area contributed by atoms with Crippen molar-refractivity contribution in [1.82, 2.24) is 4.90 Å². The molecule has 2 rings (SSSR count). The molecular weight excluding hydrogens is 348 g/mol. The van der Waals surface area contributed by atoms with Gasteiger partial charge in [-0.05, 0) is 25.0 Å². The number of carbonyl (C=O) groups excluding carboxylic acids is 1. The van der Waals surface area contributed by atoms with Gasteiger partial charge in [-0.1, -0.05) is 21.1 Å². The Morgan fingerprint density at radius 3 is 2.48 bits per heavy atom. The van der Waals surface area contributed by atoms with Crippen molar-refractivity contribution < 1.29 is 18.8 Å². The molecule has 1 aromatic rings. The molecule has 3 N–H and O–H groups in total. The van der Waals surface area contributed by atoms with E-state index in [2.05, 4.69) is 21.1 Å². The molecule has 0 heterocycles. The Morgan fingerprint density at radius 2 is 2.00 bits per heavy atom. The van der Waals surface area contributed by atoms with Gasteiger partial charge in [-0.2, -0.15) is 0 Å². The molecule has 1 aliphatic carbocycles. The lowest BCUT2D eigenvalue weighted by Gasteiger charge is -2.22. The lowest BCUT2D eigenvalue weighted by molar-refractivity contribution is 0.0737. The van der Waals surface area contributed by atoms with Gasteiger partial charge >= 0.3 is 0 Å². The summed E-state index contributed by atoms with van der Waals surface area (Å²) in [6.45, 7) is 0.147. The second kappa shape index (κ2) is 6.38. The molecule has 0 atom stereocenters. The normalized spacial score (nSPS) is 15.1. The number of hydrogen-bond donors (Lipinski definition) is 2. The van der Waals surface area contributed by atoms with Crippen molar-refractivity contribution in [3.63, 3.8) is 0 Å². The van der Waals surface area contributed by atoms with Crippen molar-refractivity contribution >= 4 is 27.7 Å². The molecule has 0 bridgehead atoms. The smallest absolute Gasteiger partial charge is 0.260 e. The average molecular weight is 362 g/mol. The molecule has 0 unspecified atom stereocenters. The van der Waals surface area contributed by atoms with Gasteiger partial charge in [0.25, 0.3) is 5.91 Å². The molecule has 5 nitrogen and oxygen atoms in total. The molecular formula is C13H14BrF2N3O2. The first-order valence-corrected chi connectivity index (χ1v) is 7.15. The van der Waals surface area contributed by atoms with Crippen LogP contribution >= 0.6 is 15.9 Å². The van der Waals surface area contributed by atoms with Crippen LogP contribution in [0.1, 0.15) is 29.6 Å². The van der Waals surface area contributed by atoms with Crippen molar-refractivity contribution in [2.45, 2.75) is 25.3 Å². The summed E-state index contributed by atoms with van der Waals surface area (Å²) in [4.78, 5) is 13.7. The Hall–Kier alpha value is -1.70. The number of oxime groups is 1. The van der Waals surface area contributed by atoms with Crippen LogP contribution < -0.4 is 5.73 Å². The van der Waals surface area contributed by atoms with Crippen LogP contribution in [0.4, 0.5) is 8.78 Å². The number of amidine groups is 1. The maximum atomic E-state index is 13.9. The number of halogens is 3. The number of benzene rings is 1. The number of hydrogen-bond acceptors (Lipinski definition) is 3. The highest BCUT2D eigenvalue weighted by Gasteiger charge is 2.35. The number of amides is 1. The summed E-state index contributed by atoms with van der Waals surface area (Å²) in [7, 11) is 0. The molecule has 21 heavy (non-hydrogen) atoms. The zero-order valence-corrected chi connectivity index (χ0v) is 12.6. The molecule has 0 radical (unpaired) electrons. The zero-order chi connectivity index (χ0) is 15.6. The van der Waals surface area contributed by atoms with Crippen molar-refractivity contribution in [2.75, 3.05) is 6.54 Å². The summed E-state index contributed by atoms with van der Waals surface area (Å²) in [5.41, 5.74) is 4.79. The SMILES string of the molecule is NC(CCN(C(=O)c1c(F)cc(Br)cc1F)C1CC1)=NO. The predicted molar refractivity (Wildman–Crippen MR) is 76.1 cm³/mol. The van der Waals surface area contributed by atoms with Crippen LogP contribution in [0.5, 0.6) is 0 Å². The molecule has 0 saturated heterocycles. The molecule has 1 aliphatic rings. The first-order chi connectivity index (χ1) is 9.93. The van der Waals surface area contributed by atoms with Crippen LogP contribution in [0.25, 0.3) is 0 Å². The fraction of sp³-hybridized carbons (Fsp3) is 0.385. The van der Waals surface area contributed by atoms with Crippen LogP contribution in [0.2, 0.25) is 0 Å². The maximum absolute atomic E-state index is 13.9. The predicted octanol–water partition coefficient (Wildman–Crippen LogP) is 2.47. The Kier molecular flexibility index (Phi) is 4.76. The molecule has 1 aromatic carbocycles. The first-order valence-electron chi connectivity index (χ1n) is 6.36. The minimum atomic E-state index is -0.915. The van der Waals surface area contributed by atoms with Gasteiger partial charge in [0.15, 0.2) is 0 Å². The van der Waals surface area contributed by atoms with Crippen molar-refractivity contribution in [2.24, 2.45) is 10.9 Å². The number of carbonyl (C=O) groups is 1. The van der Waals surface area contributed by atoms with E-state index in [9.17, 15) is 13.6 Å². The summed E-state index contributed by atoms with van der Waals surface area (Å²) >= 11 is 2.97. The quantitative estimate of drug-likeness (QED) is 0.366. The maximum Gasteiger partial charge on any atom is 0.260 e. The van der Waals surface area contributed by atoms with E-state index in [1.807, 2.05) is 0 Å². The Morgan fingerprint density at radius 1 is 1.43 bits per heavy atom. The Balaban J connectivity index is 2.23. The van der Waals surface area contributed by atoms with E-state index in [0.29, 0.717) is 0 Å². The fourth-order valence-corrected chi connectivity index (χ4v) is 2.41. The van der Waals surface area contributed by atoms with E-state index in [1.165, 1.54) is 4.90 Å². The highest BCUT2D eigenvalue weighted by Crippen LogP contribution is 2.30. The van der Waals surface area contributed by atoms with Crippen LogP contribution in [0.3, 0.4) is 0 Å². The lowest BCUT2D eigenvalue weighted by atomic mass is 10.1. The third-order valence-corrected chi connectivity index (χ3v) is 3.66. The highest BCUT2D eigenvalue weighted by atomic mass is 79.9. The minimum Gasteiger partial charge on any atom is -0.409 e. The van der Waals surface area contributed by atoms with E-state index < -0.39 is 23.1 Å². The topological polar surface area (TPSA) is 78.9 Å². The molecule has 0 aliphatic heterocycles. The number of nitrogens with zero attached hydrogens (tertiary/aromatic N) is 2. The zero-order valence-electron chi connectivity index (χ0n) is 11.0. The van der Waals surface area contributed by atoms with Crippen molar-refractivity contribution in [3.05, 3.63) is 33.8 Å². The molecule has 1 amide bonds. The average Bonchev–Trinajstić information content (AvgIpc) is 3.22. The summed E-state index contributed by atoms with van der Waals surface area (Å²) in [5, 5.41) is 11.3. The largest absolute Gasteiger partial charge is 0.409 e. The summed E-state index contributed by atoms with van der Waals surface area (Å²) in [6.07, 6.45) is 1.70. The Bertz CT molecular complexity index is 568. The summed E-state index contributed by atoms with van der Waals surface area (Å²) in [6, 6.07) is 2.04. The van der Waals surface area contributed by atoms with E-state index in [-0.39, 0.29) is 29.3 Å². The molecule has 0 spiro atoms. The summed E-state index contributed by atoms with van der Waals surface area (Å²) in [5.74, 6) is -2.58. The van der Waals surface area contributed by atoms with Crippen LogP contribution in [-0.2, 0) is 0 Å². The second-order valence-corrected chi connectivity index (χ2v) is 5.73. The van der Waals surface area contributed by atoms with E-state index in [4.69, 9.17) is 10.9 Å². The number of rotatable bonds is 5. The van der Waals surface area contributed by atoms with Crippen molar-refractivity contribution in [3.8, 4) is 0 Å². The van der Waals surface area contributed by atoms with Gasteiger partial charge in [0.1, 0.15) is 23.0 Å². The van der Waals surface area contributed by atoms with Gasteiger partial charge in [-0.25, -0.2) is 8.78 Å². The third-order valence-electron chi connectivity index (χ3n) is 3.21. The van der Waals surface area contributed by atoms with Gasteiger partial charge in [-0.3, -0.25) is 4.79 Å². The van der Waals surface area contributed by atoms with Gasteiger partial charge in [0, 0.05) is 23.5 Å². The highest BCUT2D eigenvalue weighted by molar-refractivity contribution is 9.10. The van der Waals surface area contributed by atoms with Gasteiger partial charge in [0.2, 0.25) is 0 Å².